The van der Waals surface area contributed by atoms with Crippen molar-refractivity contribution in [2.75, 3.05) is 5.32 Å². The largest absolute Gasteiger partial charge is 0.467 e. The molecule has 0 spiro atoms. The lowest BCUT2D eigenvalue weighted by atomic mass is 10.2. The quantitative estimate of drug-likeness (QED) is 0.814. The third-order valence-electron chi connectivity index (χ3n) is 4.37. The van der Waals surface area contributed by atoms with Crippen LogP contribution in [-0.2, 0) is 12.7 Å². The summed E-state index contributed by atoms with van der Waals surface area (Å²) in [5.41, 5.74) is -0.661. The van der Waals surface area contributed by atoms with E-state index in [9.17, 15) is 18.0 Å². The summed E-state index contributed by atoms with van der Waals surface area (Å²) in [6, 6.07) is 7.83. The molecule has 2 aromatic rings. The van der Waals surface area contributed by atoms with Gasteiger partial charge in [0, 0.05) is 11.7 Å². The van der Waals surface area contributed by atoms with E-state index in [0.717, 1.165) is 37.8 Å². The van der Waals surface area contributed by atoms with Gasteiger partial charge in [0.1, 0.15) is 5.76 Å². The Kier molecular flexibility index (Phi) is 5.01. The maximum atomic E-state index is 12.8. The van der Waals surface area contributed by atoms with Crippen LogP contribution < -0.4 is 5.32 Å². The summed E-state index contributed by atoms with van der Waals surface area (Å²) >= 11 is 0. The van der Waals surface area contributed by atoms with Gasteiger partial charge < -0.3 is 14.6 Å². The number of carbonyl (C=O) groups excluding carboxylic acids is 1. The fourth-order valence-corrected chi connectivity index (χ4v) is 3.12. The van der Waals surface area contributed by atoms with E-state index in [1.807, 2.05) is 0 Å². The van der Waals surface area contributed by atoms with Crippen molar-refractivity contribution in [2.24, 2.45) is 0 Å². The molecule has 0 unspecified atom stereocenters. The molecule has 25 heavy (non-hydrogen) atoms. The molecule has 3 rings (SSSR count). The van der Waals surface area contributed by atoms with Crippen molar-refractivity contribution in [1.29, 1.82) is 0 Å². The predicted octanol–water partition coefficient (Wildman–Crippen LogP) is 5.28. The van der Waals surface area contributed by atoms with Crippen LogP contribution in [0.5, 0.6) is 0 Å². The van der Waals surface area contributed by atoms with E-state index < -0.39 is 17.8 Å². The van der Waals surface area contributed by atoms with Crippen molar-refractivity contribution in [1.82, 2.24) is 4.90 Å². The van der Waals surface area contributed by atoms with Crippen LogP contribution in [0, 0.1) is 0 Å². The average molecular weight is 352 g/mol. The van der Waals surface area contributed by atoms with Gasteiger partial charge in [-0.2, -0.15) is 13.2 Å². The minimum Gasteiger partial charge on any atom is -0.467 e. The molecule has 2 amide bonds. The number of amides is 2. The van der Waals surface area contributed by atoms with Gasteiger partial charge in [-0.3, -0.25) is 0 Å². The molecule has 1 N–H and O–H groups in total. The van der Waals surface area contributed by atoms with Crippen LogP contribution in [0.1, 0.15) is 37.0 Å². The maximum absolute atomic E-state index is 12.8. The second kappa shape index (κ2) is 7.21. The first kappa shape index (κ1) is 17.4. The Bertz CT molecular complexity index is 707. The molecule has 0 atom stereocenters. The van der Waals surface area contributed by atoms with Crippen molar-refractivity contribution >= 4 is 11.7 Å². The highest BCUT2D eigenvalue weighted by atomic mass is 19.4. The number of alkyl halides is 3. The molecule has 4 nitrogen and oxygen atoms in total. The fourth-order valence-electron chi connectivity index (χ4n) is 3.12. The molecule has 7 heteroatoms. The lowest BCUT2D eigenvalue weighted by molar-refractivity contribution is -0.137. The Hall–Kier alpha value is -2.44. The lowest BCUT2D eigenvalue weighted by Crippen LogP contribution is -2.41. The molecule has 0 radical (unpaired) electrons. The van der Waals surface area contributed by atoms with Crippen molar-refractivity contribution < 1.29 is 22.4 Å². The number of hydrogen-bond donors (Lipinski definition) is 1. The first-order chi connectivity index (χ1) is 11.9. The monoisotopic (exact) mass is 352 g/mol. The van der Waals surface area contributed by atoms with Crippen molar-refractivity contribution in [2.45, 2.75) is 44.4 Å². The van der Waals surface area contributed by atoms with Gasteiger partial charge in [-0.15, -0.1) is 0 Å². The van der Waals surface area contributed by atoms with Crippen molar-refractivity contribution in [3.05, 3.63) is 54.0 Å². The van der Waals surface area contributed by atoms with Gasteiger partial charge in [-0.1, -0.05) is 18.9 Å². The molecule has 0 bridgehead atoms. The predicted molar refractivity (Wildman–Crippen MR) is 87.0 cm³/mol. The number of anilines is 1. The van der Waals surface area contributed by atoms with Crippen LogP contribution in [0.25, 0.3) is 0 Å². The SMILES string of the molecule is O=C(Nc1cccc(C(F)(F)F)c1)N(Cc1ccco1)C1CCCC1. The normalized spacial score (nSPS) is 15.3. The number of nitrogens with one attached hydrogen (secondary N) is 1. The van der Waals surface area contributed by atoms with Crippen LogP contribution >= 0.6 is 0 Å². The number of furan rings is 1. The number of hydrogen-bond acceptors (Lipinski definition) is 2. The second-order valence-corrected chi connectivity index (χ2v) is 6.15. The van der Waals surface area contributed by atoms with Crippen LogP contribution in [-0.4, -0.2) is 17.0 Å². The molecule has 1 aromatic heterocycles. The molecule has 0 aliphatic heterocycles. The molecule has 1 aliphatic rings. The van der Waals surface area contributed by atoms with Crippen LogP contribution in [0.4, 0.5) is 23.7 Å². The first-order valence-corrected chi connectivity index (χ1v) is 8.21. The highest BCUT2D eigenvalue weighted by molar-refractivity contribution is 5.89. The summed E-state index contributed by atoms with van der Waals surface area (Å²) in [5.74, 6) is 0.645. The summed E-state index contributed by atoms with van der Waals surface area (Å²) in [7, 11) is 0. The number of carbonyl (C=O) groups is 1. The van der Waals surface area contributed by atoms with Crippen LogP contribution in [0.2, 0.25) is 0 Å². The second-order valence-electron chi connectivity index (χ2n) is 6.15. The summed E-state index contributed by atoms with van der Waals surface area (Å²) in [6.45, 7) is 0.294. The molecule has 1 aromatic carbocycles. The van der Waals surface area contributed by atoms with E-state index in [0.29, 0.717) is 12.3 Å². The van der Waals surface area contributed by atoms with Crippen molar-refractivity contribution in [3.8, 4) is 0 Å². The van der Waals surface area contributed by atoms with E-state index in [4.69, 9.17) is 4.42 Å². The van der Waals surface area contributed by atoms with E-state index in [1.165, 1.54) is 18.4 Å². The van der Waals surface area contributed by atoms with Gasteiger partial charge in [-0.25, -0.2) is 4.79 Å². The van der Waals surface area contributed by atoms with Gasteiger partial charge >= 0.3 is 12.2 Å². The third-order valence-corrected chi connectivity index (χ3v) is 4.37. The molecular weight excluding hydrogens is 333 g/mol. The Labute approximate surface area is 143 Å². The summed E-state index contributed by atoms with van der Waals surface area (Å²) in [6.07, 6.45) is 0.937. The number of nitrogens with zero attached hydrogens (tertiary/aromatic N) is 1. The summed E-state index contributed by atoms with van der Waals surface area (Å²) in [4.78, 5) is 14.3. The molecule has 0 saturated heterocycles. The summed E-state index contributed by atoms with van der Waals surface area (Å²) < 4.78 is 43.8. The molecule has 1 heterocycles. The van der Waals surface area contributed by atoms with E-state index in [-0.39, 0.29) is 11.7 Å². The zero-order valence-electron chi connectivity index (χ0n) is 13.6. The smallest absolute Gasteiger partial charge is 0.416 e. The zero-order valence-corrected chi connectivity index (χ0v) is 13.6. The van der Waals surface area contributed by atoms with Crippen molar-refractivity contribution in [3.63, 3.8) is 0 Å². The number of rotatable bonds is 4. The van der Waals surface area contributed by atoms with Gasteiger partial charge in [0.15, 0.2) is 0 Å². The van der Waals surface area contributed by atoms with Gasteiger partial charge in [0.2, 0.25) is 0 Å². The van der Waals surface area contributed by atoms with Gasteiger partial charge in [0.25, 0.3) is 0 Å². The average Bonchev–Trinajstić information content (AvgIpc) is 3.25. The Morgan fingerprint density at radius 2 is 1.96 bits per heavy atom. The molecular formula is C18H19F3N2O2. The number of urea groups is 1. The standard InChI is InChI=1S/C18H19F3N2O2/c19-18(20,21)13-5-3-6-14(11-13)22-17(24)23(15-7-1-2-8-15)12-16-9-4-10-25-16/h3-6,9-11,15H,1-2,7-8,12H2,(H,22,24). The highest BCUT2D eigenvalue weighted by Crippen LogP contribution is 2.31. The minimum absolute atomic E-state index is 0.0656. The van der Waals surface area contributed by atoms with E-state index in [2.05, 4.69) is 5.32 Å². The van der Waals surface area contributed by atoms with E-state index >= 15 is 0 Å². The summed E-state index contributed by atoms with van der Waals surface area (Å²) in [5, 5.41) is 2.59. The first-order valence-electron chi connectivity index (χ1n) is 8.21. The molecule has 1 saturated carbocycles. The fraction of sp³-hybridized carbons (Fsp3) is 0.389. The zero-order chi connectivity index (χ0) is 17.9. The maximum Gasteiger partial charge on any atom is 0.416 e. The molecule has 134 valence electrons. The highest BCUT2D eigenvalue weighted by Gasteiger charge is 2.31. The molecule has 1 fully saturated rings. The number of benzene rings is 1. The Morgan fingerprint density at radius 1 is 1.20 bits per heavy atom. The van der Waals surface area contributed by atoms with Crippen LogP contribution in [0.3, 0.4) is 0 Å². The number of halogens is 3. The minimum atomic E-state index is -4.44. The molecule has 1 aliphatic carbocycles. The topological polar surface area (TPSA) is 45.5 Å². The Balaban J connectivity index is 1.76. The van der Waals surface area contributed by atoms with Gasteiger partial charge in [-0.05, 0) is 43.2 Å². The van der Waals surface area contributed by atoms with Crippen LogP contribution in [0.15, 0.2) is 47.1 Å². The Morgan fingerprint density at radius 3 is 2.60 bits per heavy atom. The van der Waals surface area contributed by atoms with E-state index in [1.54, 1.807) is 17.0 Å². The lowest BCUT2D eigenvalue weighted by Gasteiger charge is -2.28. The third kappa shape index (κ3) is 4.35. The van der Waals surface area contributed by atoms with Gasteiger partial charge in [0.05, 0.1) is 18.4 Å².